The zero-order valence-electron chi connectivity index (χ0n) is 10.9. The number of amides is 1. The van der Waals surface area contributed by atoms with Crippen molar-refractivity contribution >= 4 is 33.4 Å². The number of rotatable bonds is 3. The van der Waals surface area contributed by atoms with Crippen LogP contribution in [0.3, 0.4) is 0 Å². The van der Waals surface area contributed by atoms with Gasteiger partial charge in [0.2, 0.25) is 0 Å². The number of halogens is 2. The molecule has 0 saturated heterocycles. The molecule has 0 radical (unpaired) electrons. The van der Waals surface area contributed by atoms with E-state index in [2.05, 4.69) is 26.6 Å². The Balaban J connectivity index is 1.94. The zero-order valence-corrected chi connectivity index (χ0v) is 13.2. The van der Waals surface area contributed by atoms with E-state index in [0.717, 1.165) is 30.2 Å². The van der Waals surface area contributed by atoms with Gasteiger partial charge in [-0.1, -0.05) is 27.5 Å². The van der Waals surface area contributed by atoms with Crippen LogP contribution >= 0.6 is 27.5 Å². The van der Waals surface area contributed by atoms with E-state index < -0.39 is 0 Å². The normalized spacial score (nSPS) is 23.1. The lowest BCUT2D eigenvalue weighted by Gasteiger charge is -2.28. The highest BCUT2D eigenvalue weighted by molar-refractivity contribution is 9.10. The number of benzene rings is 1. The Kier molecular flexibility index (Phi) is 5.25. The van der Waals surface area contributed by atoms with Crippen molar-refractivity contribution in [1.82, 2.24) is 10.6 Å². The third-order valence-electron chi connectivity index (χ3n) is 3.65. The molecule has 1 aliphatic rings. The van der Waals surface area contributed by atoms with Crippen LogP contribution in [0.15, 0.2) is 22.7 Å². The number of hydrogen-bond donors (Lipinski definition) is 2. The van der Waals surface area contributed by atoms with Crippen LogP contribution < -0.4 is 10.6 Å². The molecule has 0 bridgehead atoms. The molecule has 0 unspecified atom stereocenters. The van der Waals surface area contributed by atoms with Crippen LogP contribution in [0.4, 0.5) is 0 Å². The minimum Gasteiger partial charge on any atom is -0.349 e. The summed E-state index contributed by atoms with van der Waals surface area (Å²) in [5.41, 5.74) is 0.542. The van der Waals surface area contributed by atoms with Crippen LogP contribution in [-0.2, 0) is 0 Å². The predicted octanol–water partition coefficient (Wildman–Crippen LogP) is 3.36. The van der Waals surface area contributed by atoms with E-state index >= 15 is 0 Å². The molecule has 0 aliphatic heterocycles. The van der Waals surface area contributed by atoms with E-state index in [0.29, 0.717) is 16.6 Å². The molecule has 0 atom stereocenters. The molecular formula is C14H18BrClN2O. The maximum absolute atomic E-state index is 12.2. The molecule has 104 valence electrons. The molecule has 5 heteroatoms. The summed E-state index contributed by atoms with van der Waals surface area (Å²) in [6.07, 6.45) is 4.25. The molecule has 2 N–H and O–H groups in total. The van der Waals surface area contributed by atoms with Gasteiger partial charge in [0.15, 0.2) is 0 Å². The quantitative estimate of drug-likeness (QED) is 0.882. The minimum atomic E-state index is -0.0783. The van der Waals surface area contributed by atoms with Crippen molar-refractivity contribution < 1.29 is 4.79 Å². The summed E-state index contributed by atoms with van der Waals surface area (Å²) in [6.45, 7) is 0. The van der Waals surface area contributed by atoms with Gasteiger partial charge in [0.1, 0.15) is 0 Å². The van der Waals surface area contributed by atoms with Gasteiger partial charge < -0.3 is 10.6 Å². The minimum absolute atomic E-state index is 0.0783. The summed E-state index contributed by atoms with van der Waals surface area (Å²) in [7, 11) is 1.99. The Morgan fingerprint density at radius 3 is 2.47 bits per heavy atom. The van der Waals surface area contributed by atoms with Gasteiger partial charge in [-0.3, -0.25) is 4.79 Å². The fourth-order valence-electron chi connectivity index (χ4n) is 2.46. The molecule has 0 aromatic heterocycles. The second-order valence-electron chi connectivity index (χ2n) is 4.93. The predicted molar refractivity (Wildman–Crippen MR) is 81.7 cm³/mol. The standard InChI is InChI=1S/C14H18BrClN2O/c1-17-10-3-5-11(6-4-10)18-14(19)12-7-2-9(15)8-13(12)16/h2,7-8,10-11,17H,3-6H2,1H3,(H,18,19). The van der Waals surface area contributed by atoms with E-state index in [1.807, 2.05) is 13.1 Å². The number of nitrogens with one attached hydrogen (secondary N) is 2. The van der Waals surface area contributed by atoms with E-state index in [-0.39, 0.29) is 11.9 Å². The van der Waals surface area contributed by atoms with E-state index in [1.54, 1.807) is 12.1 Å². The summed E-state index contributed by atoms with van der Waals surface area (Å²) in [6, 6.07) is 6.18. The molecule has 1 aromatic rings. The fourth-order valence-corrected chi connectivity index (χ4v) is 3.22. The average molecular weight is 346 g/mol. The first-order chi connectivity index (χ1) is 9.10. The van der Waals surface area contributed by atoms with E-state index in [4.69, 9.17) is 11.6 Å². The molecule has 1 aliphatic carbocycles. The topological polar surface area (TPSA) is 41.1 Å². The summed E-state index contributed by atoms with van der Waals surface area (Å²) < 4.78 is 0.878. The van der Waals surface area contributed by atoms with Crippen molar-refractivity contribution in [2.75, 3.05) is 7.05 Å². The largest absolute Gasteiger partial charge is 0.349 e. The molecule has 19 heavy (non-hydrogen) atoms. The number of carbonyl (C=O) groups excluding carboxylic acids is 1. The Morgan fingerprint density at radius 2 is 1.89 bits per heavy atom. The zero-order chi connectivity index (χ0) is 13.8. The lowest BCUT2D eigenvalue weighted by molar-refractivity contribution is 0.0925. The Hall–Kier alpha value is -0.580. The molecule has 1 saturated carbocycles. The van der Waals surface area contributed by atoms with Gasteiger partial charge in [0, 0.05) is 16.6 Å². The van der Waals surface area contributed by atoms with Crippen molar-refractivity contribution in [2.45, 2.75) is 37.8 Å². The summed E-state index contributed by atoms with van der Waals surface area (Å²) >= 11 is 9.42. The summed E-state index contributed by atoms with van der Waals surface area (Å²) in [4.78, 5) is 12.2. The van der Waals surface area contributed by atoms with Crippen LogP contribution in [0.25, 0.3) is 0 Å². The fraction of sp³-hybridized carbons (Fsp3) is 0.500. The molecular weight excluding hydrogens is 328 g/mol. The first-order valence-corrected chi connectivity index (χ1v) is 7.70. The van der Waals surface area contributed by atoms with Gasteiger partial charge >= 0.3 is 0 Å². The van der Waals surface area contributed by atoms with Crippen LogP contribution in [0.2, 0.25) is 5.02 Å². The lowest BCUT2D eigenvalue weighted by Crippen LogP contribution is -2.41. The Bertz CT molecular complexity index is 459. The van der Waals surface area contributed by atoms with Crippen LogP contribution in [0, 0.1) is 0 Å². The monoisotopic (exact) mass is 344 g/mol. The van der Waals surface area contributed by atoms with Crippen molar-refractivity contribution in [3.05, 3.63) is 33.3 Å². The molecule has 1 amide bonds. The van der Waals surface area contributed by atoms with Crippen LogP contribution in [-0.4, -0.2) is 25.0 Å². The molecule has 2 rings (SSSR count). The Morgan fingerprint density at radius 1 is 1.26 bits per heavy atom. The van der Waals surface area contributed by atoms with Crippen molar-refractivity contribution in [2.24, 2.45) is 0 Å². The molecule has 0 heterocycles. The summed E-state index contributed by atoms with van der Waals surface area (Å²) in [5.74, 6) is -0.0783. The Labute approximate surface area is 127 Å². The van der Waals surface area contributed by atoms with Crippen molar-refractivity contribution in [3.63, 3.8) is 0 Å². The van der Waals surface area contributed by atoms with Gasteiger partial charge in [0.05, 0.1) is 10.6 Å². The first-order valence-electron chi connectivity index (χ1n) is 6.53. The lowest BCUT2D eigenvalue weighted by atomic mass is 9.91. The van der Waals surface area contributed by atoms with Crippen LogP contribution in [0.1, 0.15) is 36.0 Å². The second-order valence-corrected chi connectivity index (χ2v) is 6.26. The number of carbonyl (C=O) groups is 1. The average Bonchev–Trinajstić information content (AvgIpc) is 2.39. The van der Waals surface area contributed by atoms with Gasteiger partial charge in [-0.2, -0.15) is 0 Å². The first kappa shape index (κ1) is 14.8. The molecule has 3 nitrogen and oxygen atoms in total. The highest BCUT2D eigenvalue weighted by Crippen LogP contribution is 2.23. The number of hydrogen-bond acceptors (Lipinski definition) is 2. The maximum Gasteiger partial charge on any atom is 0.253 e. The summed E-state index contributed by atoms with van der Waals surface area (Å²) in [5, 5.41) is 6.84. The third kappa shape index (κ3) is 3.94. The van der Waals surface area contributed by atoms with Gasteiger partial charge in [-0.25, -0.2) is 0 Å². The van der Waals surface area contributed by atoms with Crippen molar-refractivity contribution in [1.29, 1.82) is 0 Å². The van der Waals surface area contributed by atoms with Gasteiger partial charge in [-0.05, 0) is 50.9 Å². The van der Waals surface area contributed by atoms with E-state index in [1.165, 1.54) is 0 Å². The second kappa shape index (κ2) is 6.73. The van der Waals surface area contributed by atoms with Crippen molar-refractivity contribution in [3.8, 4) is 0 Å². The van der Waals surface area contributed by atoms with Gasteiger partial charge in [0.25, 0.3) is 5.91 Å². The molecule has 0 spiro atoms. The van der Waals surface area contributed by atoms with Crippen LogP contribution in [0.5, 0.6) is 0 Å². The van der Waals surface area contributed by atoms with E-state index in [9.17, 15) is 4.79 Å². The SMILES string of the molecule is CNC1CCC(NC(=O)c2ccc(Br)cc2Cl)CC1. The third-order valence-corrected chi connectivity index (χ3v) is 4.45. The molecule has 1 fully saturated rings. The smallest absolute Gasteiger partial charge is 0.253 e. The highest BCUT2D eigenvalue weighted by Gasteiger charge is 2.22. The maximum atomic E-state index is 12.2. The highest BCUT2D eigenvalue weighted by atomic mass is 79.9. The van der Waals surface area contributed by atoms with Gasteiger partial charge in [-0.15, -0.1) is 0 Å². The molecule has 1 aromatic carbocycles.